The fraction of sp³-hybridized carbons (Fsp3) is 0.167. The van der Waals surface area contributed by atoms with Crippen LogP contribution in [-0.4, -0.2) is 0 Å². The van der Waals surface area contributed by atoms with Gasteiger partial charge in [0.1, 0.15) is 0 Å². The van der Waals surface area contributed by atoms with E-state index in [1.807, 2.05) is 56.4 Å². The van der Waals surface area contributed by atoms with Crippen molar-refractivity contribution in [2.45, 2.75) is 13.8 Å². The van der Waals surface area contributed by atoms with Gasteiger partial charge in [-0.05, 0) is 25.0 Å². The van der Waals surface area contributed by atoms with Gasteiger partial charge in [-0.15, -0.1) is 0 Å². The van der Waals surface area contributed by atoms with Crippen molar-refractivity contribution in [3.63, 3.8) is 0 Å². The lowest BCUT2D eigenvalue weighted by Gasteiger charge is -2.03. The van der Waals surface area contributed by atoms with E-state index in [0.717, 1.165) is 16.8 Å². The molecule has 0 aliphatic heterocycles. The zero-order valence-electron chi connectivity index (χ0n) is 8.12. The summed E-state index contributed by atoms with van der Waals surface area (Å²) in [5, 5.41) is 0. The molecule has 1 rings (SSSR count). The Morgan fingerprint density at radius 1 is 1.00 bits per heavy atom. The first-order chi connectivity index (χ1) is 6.29. The van der Waals surface area contributed by atoms with Crippen LogP contribution in [0.5, 0.6) is 0 Å². The van der Waals surface area contributed by atoms with Crippen LogP contribution in [0.3, 0.4) is 0 Å². The largest absolute Gasteiger partial charge is 0.398 e. The molecule has 68 valence electrons. The van der Waals surface area contributed by atoms with Crippen LogP contribution in [0.1, 0.15) is 25.0 Å². The number of para-hydroxylation sites is 1. The van der Waals surface area contributed by atoms with Gasteiger partial charge in [0.2, 0.25) is 0 Å². The number of anilines is 1. The maximum absolute atomic E-state index is 5.95. The Balaban J connectivity index is 3.17. The Hall–Kier alpha value is -1.50. The molecule has 1 heteroatoms. The molecule has 1 nitrogen and oxygen atoms in total. The molecule has 0 amide bonds. The Morgan fingerprint density at radius 3 is 1.85 bits per heavy atom. The van der Waals surface area contributed by atoms with Crippen LogP contribution in [0.4, 0.5) is 5.69 Å². The lowest BCUT2D eigenvalue weighted by Crippen LogP contribution is -1.92. The molecule has 0 saturated heterocycles. The third-order valence-corrected chi connectivity index (χ3v) is 1.87. The topological polar surface area (TPSA) is 26.0 Å². The first kappa shape index (κ1) is 9.59. The van der Waals surface area contributed by atoms with Crippen molar-refractivity contribution in [1.29, 1.82) is 0 Å². The van der Waals surface area contributed by atoms with E-state index in [4.69, 9.17) is 5.73 Å². The predicted octanol–water partition coefficient (Wildman–Crippen LogP) is 3.34. The van der Waals surface area contributed by atoms with Gasteiger partial charge in [0, 0.05) is 5.69 Å². The van der Waals surface area contributed by atoms with Gasteiger partial charge in [-0.1, -0.05) is 42.5 Å². The molecule has 0 unspecified atom stereocenters. The van der Waals surface area contributed by atoms with Crippen molar-refractivity contribution in [3.8, 4) is 0 Å². The number of nitrogen functional groups attached to an aromatic ring is 1. The lowest BCUT2D eigenvalue weighted by atomic mass is 10.1. The summed E-state index contributed by atoms with van der Waals surface area (Å²) in [6.45, 7) is 3.98. The Labute approximate surface area is 79.6 Å². The van der Waals surface area contributed by atoms with E-state index in [1.54, 1.807) is 0 Å². The monoisotopic (exact) mass is 173 g/mol. The van der Waals surface area contributed by atoms with Crippen molar-refractivity contribution in [3.05, 3.63) is 41.5 Å². The minimum Gasteiger partial charge on any atom is -0.398 e. The average molecular weight is 173 g/mol. The summed E-state index contributed by atoms with van der Waals surface area (Å²) in [6.07, 6.45) is 8.01. The van der Waals surface area contributed by atoms with Crippen molar-refractivity contribution in [2.24, 2.45) is 0 Å². The highest BCUT2D eigenvalue weighted by Crippen LogP contribution is 2.19. The number of benzene rings is 1. The number of allylic oxidation sites excluding steroid dienone is 2. The smallest absolute Gasteiger partial charge is 0.0461 e. The summed E-state index contributed by atoms with van der Waals surface area (Å²) in [5.74, 6) is 0. The third-order valence-electron chi connectivity index (χ3n) is 1.87. The second-order valence-corrected chi connectivity index (χ2v) is 2.85. The molecule has 0 aliphatic carbocycles. The minimum atomic E-state index is 0.846. The van der Waals surface area contributed by atoms with E-state index >= 15 is 0 Å². The SMILES string of the molecule is CC=Cc1cccc(C=CC)c1N. The molecule has 0 aromatic heterocycles. The van der Waals surface area contributed by atoms with Crippen LogP contribution in [0.2, 0.25) is 0 Å². The highest BCUT2D eigenvalue weighted by Gasteiger charge is 1.97. The van der Waals surface area contributed by atoms with Gasteiger partial charge in [0.05, 0.1) is 0 Å². The maximum atomic E-state index is 5.95. The van der Waals surface area contributed by atoms with Gasteiger partial charge in [-0.25, -0.2) is 0 Å². The fourth-order valence-corrected chi connectivity index (χ4v) is 1.25. The van der Waals surface area contributed by atoms with Gasteiger partial charge in [-0.2, -0.15) is 0 Å². The van der Waals surface area contributed by atoms with E-state index in [1.165, 1.54) is 0 Å². The van der Waals surface area contributed by atoms with E-state index < -0.39 is 0 Å². The molecule has 0 spiro atoms. The summed E-state index contributed by atoms with van der Waals surface area (Å²) in [7, 11) is 0. The highest BCUT2D eigenvalue weighted by molar-refractivity contribution is 5.74. The first-order valence-electron chi connectivity index (χ1n) is 4.43. The van der Waals surface area contributed by atoms with Crippen LogP contribution in [0, 0.1) is 0 Å². The van der Waals surface area contributed by atoms with Crippen LogP contribution in [-0.2, 0) is 0 Å². The molecule has 0 heterocycles. The molecule has 0 fully saturated rings. The van der Waals surface area contributed by atoms with Gasteiger partial charge in [0.15, 0.2) is 0 Å². The molecular formula is C12H15N. The molecule has 0 atom stereocenters. The fourth-order valence-electron chi connectivity index (χ4n) is 1.25. The average Bonchev–Trinajstić information content (AvgIpc) is 2.13. The van der Waals surface area contributed by atoms with Crippen molar-refractivity contribution < 1.29 is 0 Å². The zero-order chi connectivity index (χ0) is 9.68. The number of rotatable bonds is 2. The van der Waals surface area contributed by atoms with Crippen molar-refractivity contribution >= 4 is 17.8 Å². The maximum Gasteiger partial charge on any atom is 0.0461 e. The molecule has 1 aromatic carbocycles. The molecule has 0 bridgehead atoms. The van der Waals surface area contributed by atoms with Crippen LogP contribution < -0.4 is 5.73 Å². The molecule has 2 N–H and O–H groups in total. The summed E-state index contributed by atoms with van der Waals surface area (Å²) in [6, 6.07) is 6.05. The number of hydrogen-bond acceptors (Lipinski definition) is 1. The Kier molecular flexibility index (Phi) is 3.32. The van der Waals surface area contributed by atoms with Crippen LogP contribution in [0.25, 0.3) is 12.2 Å². The first-order valence-corrected chi connectivity index (χ1v) is 4.43. The van der Waals surface area contributed by atoms with Crippen LogP contribution >= 0.6 is 0 Å². The predicted molar refractivity (Wildman–Crippen MR) is 60.3 cm³/mol. The highest BCUT2D eigenvalue weighted by atomic mass is 14.6. The third kappa shape index (κ3) is 2.22. The van der Waals surface area contributed by atoms with Gasteiger partial charge < -0.3 is 5.73 Å². The Morgan fingerprint density at radius 2 is 1.46 bits per heavy atom. The van der Waals surface area contributed by atoms with E-state index in [-0.39, 0.29) is 0 Å². The van der Waals surface area contributed by atoms with Gasteiger partial charge in [-0.3, -0.25) is 0 Å². The molecule has 0 aliphatic rings. The zero-order valence-corrected chi connectivity index (χ0v) is 8.12. The van der Waals surface area contributed by atoms with Crippen molar-refractivity contribution in [2.75, 3.05) is 5.73 Å². The standard InChI is InChI=1S/C12H15N/c1-3-6-10-8-5-9-11(7-4-2)12(10)13/h3-9H,13H2,1-2H3. The van der Waals surface area contributed by atoms with E-state index in [2.05, 4.69) is 0 Å². The molecule has 13 heavy (non-hydrogen) atoms. The summed E-state index contributed by atoms with van der Waals surface area (Å²) >= 11 is 0. The van der Waals surface area contributed by atoms with Gasteiger partial charge in [0.25, 0.3) is 0 Å². The minimum absolute atomic E-state index is 0.846. The molecule has 0 radical (unpaired) electrons. The quantitative estimate of drug-likeness (QED) is 0.682. The second-order valence-electron chi connectivity index (χ2n) is 2.85. The van der Waals surface area contributed by atoms with E-state index in [9.17, 15) is 0 Å². The number of hydrogen-bond donors (Lipinski definition) is 1. The second kappa shape index (κ2) is 4.51. The molecule has 1 aromatic rings. The van der Waals surface area contributed by atoms with Crippen molar-refractivity contribution in [1.82, 2.24) is 0 Å². The van der Waals surface area contributed by atoms with Crippen LogP contribution in [0.15, 0.2) is 30.4 Å². The van der Waals surface area contributed by atoms with Gasteiger partial charge >= 0.3 is 0 Å². The number of nitrogens with two attached hydrogens (primary N) is 1. The van der Waals surface area contributed by atoms with E-state index in [0.29, 0.717) is 0 Å². The lowest BCUT2D eigenvalue weighted by molar-refractivity contribution is 1.59. The normalized spacial score (nSPS) is 11.5. The summed E-state index contributed by atoms with van der Waals surface area (Å²) in [5.41, 5.74) is 8.96. The Bertz CT molecular complexity index is 305. The summed E-state index contributed by atoms with van der Waals surface area (Å²) < 4.78 is 0. The molecular weight excluding hydrogens is 158 g/mol. The summed E-state index contributed by atoms with van der Waals surface area (Å²) in [4.78, 5) is 0. The molecule has 0 saturated carbocycles.